The first-order chi connectivity index (χ1) is 1.50. The third-order valence-electron chi connectivity index (χ3n) is 0.289. The maximum absolute atomic E-state index is 2.25. The van der Waals surface area contributed by atoms with Crippen LogP contribution in [-0.4, -0.2) is 23.1 Å². The van der Waals surface area contributed by atoms with Crippen LogP contribution in [0.25, 0.3) is 0 Å². The van der Waals surface area contributed by atoms with E-state index in [0.29, 0.717) is 0 Å². The molecule has 0 unspecified atom stereocenters. The second kappa shape index (κ2) is 5.25. The van der Waals surface area contributed by atoms with Crippen molar-refractivity contribution in [2.24, 2.45) is 0 Å². The molecule has 0 heterocycles. The molecule has 0 nitrogen and oxygen atoms in total. The number of halogens is 1. The van der Waals surface area contributed by atoms with Gasteiger partial charge in [-0.25, -0.2) is 12.8 Å². The van der Waals surface area contributed by atoms with Gasteiger partial charge in [0, 0.05) is 0 Å². The smallest absolute Gasteiger partial charge is 1.00 e. The van der Waals surface area contributed by atoms with Gasteiger partial charge in [0.2, 0.25) is 0 Å². The molecule has 0 amide bonds. The molecule has 0 saturated heterocycles. The van der Waals surface area contributed by atoms with Crippen LogP contribution in [0, 0.1) is 6.42 Å². The Morgan fingerprint density at radius 2 is 1.40 bits per heavy atom. The van der Waals surface area contributed by atoms with E-state index in [0.717, 1.165) is 0 Å². The zero-order chi connectivity index (χ0) is 2.12. The van der Waals surface area contributed by atoms with Crippen LogP contribution >= 0.6 is 0 Å². The second-order valence-electron chi connectivity index (χ2n) is 0.866. The van der Waals surface area contributed by atoms with Gasteiger partial charge < -0.3 is 23.4 Å². The van der Waals surface area contributed by atoms with Crippen molar-refractivity contribution in [3.63, 3.8) is 0 Å². The Hall–Kier alpha value is 1.25. The molecular formula is C3H5BrMg. The van der Waals surface area contributed by atoms with E-state index < -0.39 is 0 Å². The fraction of sp³-hybridized carbons (Fsp3) is 0.667. The molecule has 1 saturated carbocycles. The van der Waals surface area contributed by atoms with Gasteiger partial charge in [0.1, 0.15) is 0 Å². The van der Waals surface area contributed by atoms with Crippen LogP contribution in [0.3, 0.4) is 0 Å². The van der Waals surface area contributed by atoms with Crippen LogP contribution in [0.4, 0.5) is 0 Å². The van der Waals surface area contributed by atoms with E-state index in [2.05, 4.69) is 6.42 Å². The van der Waals surface area contributed by atoms with Gasteiger partial charge in [-0.15, -0.1) is 0 Å². The summed E-state index contributed by atoms with van der Waals surface area (Å²) in [5.74, 6) is 0. The largest absolute Gasteiger partial charge is 2.00 e. The molecule has 1 aliphatic rings. The quantitative estimate of drug-likeness (QED) is 0.263. The maximum atomic E-state index is 2.25. The molecule has 5 heavy (non-hydrogen) atoms. The van der Waals surface area contributed by atoms with Crippen LogP contribution in [0.1, 0.15) is 12.8 Å². The topological polar surface area (TPSA) is 0 Å². The summed E-state index contributed by atoms with van der Waals surface area (Å²) in [7, 11) is 0. The van der Waals surface area contributed by atoms with E-state index in [-0.39, 0.29) is 40.0 Å². The van der Waals surface area contributed by atoms with Crippen molar-refractivity contribution in [2.45, 2.75) is 12.8 Å². The van der Waals surface area contributed by atoms with Gasteiger partial charge in [-0.1, -0.05) is 0 Å². The average molecular weight is 145 g/mol. The summed E-state index contributed by atoms with van der Waals surface area (Å²) >= 11 is 0. The minimum Gasteiger partial charge on any atom is -1.00 e. The average Bonchev–Trinajstić information content (AvgIpc) is 1.46. The first-order valence-corrected chi connectivity index (χ1v) is 1.32. The Kier molecular flexibility index (Phi) is 10.0. The van der Waals surface area contributed by atoms with E-state index in [9.17, 15) is 0 Å². The van der Waals surface area contributed by atoms with E-state index >= 15 is 0 Å². The molecule has 0 aromatic rings. The summed E-state index contributed by atoms with van der Waals surface area (Å²) in [6, 6.07) is 0. The predicted octanol–water partition coefficient (Wildman–Crippen LogP) is -2.39. The molecule has 26 valence electrons. The van der Waals surface area contributed by atoms with Crippen molar-refractivity contribution in [2.75, 3.05) is 0 Å². The Morgan fingerprint density at radius 1 is 1.20 bits per heavy atom. The van der Waals surface area contributed by atoms with Crippen molar-refractivity contribution in [1.29, 1.82) is 0 Å². The van der Waals surface area contributed by atoms with Crippen molar-refractivity contribution in [3.8, 4) is 0 Å². The number of rotatable bonds is 0. The van der Waals surface area contributed by atoms with Crippen molar-refractivity contribution >= 4 is 23.1 Å². The molecule has 1 fully saturated rings. The third kappa shape index (κ3) is 11.0. The molecular weight excluding hydrogens is 140 g/mol. The SMILES string of the molecule is [Br-].[CH-]1CC1.[Mg+2]. The van der Waals surface area contributed by atoms with Crippen molar-refractivity contribution in [3.05, 3.63) is 6.42 Å². The summed E-state index contributed by atoms with van der Waals surface area (Å²) < 4.78 is 0. The molecule has 0 radical (unpaired) electrons. The Bertz CT molecular complexity index is 11.6. The van der Waals surface area contributed by atoms with Gasteiger partial charge in [-0.2, -0.15) is 0 Å². The summed E-state index contributed by atoms with van der Waals surface area (Å²) in [6.45, 7) is 0. The van der Waals surface area contributed by atoms with Gasteiger partial charge in [-0.3, -0.25) is 0 Å². The molecule has 0 aliphatic heterocycles. The number of hydrogen-bond acceptors (Lipinski definition) is 0. The monoisotopic (exact) mass is 144 g/mol. The maximum Gasteiger partial charge on any atom is 2.00 e. The zero-order valence-corrected chi connectivity index (χ0v) is 6.08. The van der Waals surface area contributed by atoms with Crippen LogP contribution in [0.5, 0.6) is 0 Å². The molecule has 0 bridgehead atoms. The van der Waals surface area contributed by atoms with Crippen molar-refractivity contribution < 1.29 is 17.0 Å². The fourth-order valence-electron chi connectivity index (χ4n) is 0. The van der Waals surface area contributed by atoms with Crippen LogP contribution in [-0.2, 0) is 0 Å². The molecule has 0 aromatic heterocycles. The summed E-state index contributed by atoms with van der Waals surface area (Å²) in [6.07, 6.45) is 5.00. The zero-order valence-electron chi connectivity index (χ0n) is 3.08. The van der Waals surface area contributed by atoms with Gasteiger partial charge in [0.15, 0.2) is 0 Å². The number of hydrogen-bond donors (Lipinski definition) is 0. The third-order valence-corrected chi connectivity index (χ3v) is 0.289. The summed E-state index contributed by atoms with van der Waals surface area (Å²) in [5.41, 5.74) is 0. The molecule has 2 heteroatoms. The van der Waals surface area contributed by atoms with Crippen molar-refractivity contribution in [1.82, 2.24) is 0 Å². The Labute approximate surface area is 59.2 Å². The molecule has 0 N–H and O–H groups in total. The second-order valence-corrected chi connectivity index (χ2v) is 0.866. The predicted molar refractivity (Wildman–Crippen MR) is 19.3 cm³/mol. The van der Waals surface area contributed by atoms with E-state index in [1.54, 1.807) is 0 Å². The van der Waals surface area contributed by atoms with Gasteiger partial charge >= 0.3 is 23.1 Å². The minimum atomic E-state index is 0. The molecule has 1 aliphatic carbocycles. The van der Waals surface area contributed by atoms with Crippen LogP contribution in [0.2, 0.25) is 0 Å². The molecule has 0 spiro atoms. The van der Waals surface area contributed by atoms with Crippen LogP contribution in [0.15, 0.2) is 0 Å². The van der Waals surface area contributed by atoms with Gasteiger partial charge in [0.25, 0.3) is 0 Å². The normalized spacial score (nSPS) is 14.4. The van der Waals surface area contributed by atoms with E-state index in [1.807, 2.05) is 0 Å². The first-order valence-electron chi connectivity index (χ1n) is 1.32. The van der Waals surface area contributed by atoms with E-state index in [4.69, 9.17) is 0 Å². The first kappa shape index (κ1) is 9.53. The van der Waals surface area contributed by atoms with Crippen LogP contribution < -0.4 is 17.0 Å². The summed E-state index contributed by atoms with van der Waals surface area (Å²) in [4.78, 5) is 0. The fourth-order valence-corrected chi connectivity index (χ4v) is 0. The van der Waals surface area contributed by atoms with Gasteiger partial charge in [-0.05, 0) is 0 Å². The summed E-state index contributed by atoms with van der Waals surface area (Å²) in [5, 5.41) is 0. The molecule has 0 atom stereocenters. The Morgan fingerprint density at radius 3 is 1.40 bits per heavy atom. The minimum absolute atomic E-state index is 0. The van der Waals surface area contributed by atoms with Gasteiger partial charge in [0.05, 0.1) is 0 Å². The van der Waals surface area contributed by atoms with E-state index in [1.165, 1.54) is 12.8 Å². The molecule has 0 aromatic carbocycles. The standard InChI is InChI=1S/C3H5.BrH.Mg/c1-2-3-1;;/h1H,2-3H2;1H;/q-1;;+2/p-1. The Balaban J connectivity index is 0. The molecule has 1 rings (SSSR count).